The lowest BCUT2D eigenvalue weighted by Crippen LogP contribution is -2.36. The molecule has 3 rings (SSSR count). The number of halogens is 1. The molecule has 0 aliphatic carbocycles. The fraction of sp³-hybridized carbons (Fsp3) is 0.188. The second kappa shape index (κ2) is 4.94. The Morgan fingerprint density at radius 1 is 1.10 bits per heavy atom. The van der Waals surface area contributed by atoms with E-state index < -0.39 is 0 Å². The molecule has 0 spiro atoms. The summed E-state index contributed by atoms with van der Waals surface area (Å²) >= 11 is 3.46. The SMILES string of the molecule is Cc1ccc(N2C(=O)CNc3cc(Br)ccc32)cc1C. The molecule has 1 aliphatic heterocycles. The van der Waals surface area contributed by atoms with Crippen LogP contribution in [-0.2, 0) is 4.79 Å². The standard InChI is InChI=1S/C16H15BrN2O/c1-10-3-5-13(7-11(10)2)19-15-6-4-12(17)8-14(15)18-9-16(19)20/h3-8,18H,9H2,1-2H3. The molecule has 0 fully saturated rings. The molecule has 4 heteroatoms. The quantitative estimate of drug-likeness (QED) is 0.851. The molecule has 0 bridgehead atoms. The minimum Gasteiger partial charge on any atom is -0.374 e. The van der Waals surface area contributed by atoms with E-state index in [0.29, 0.717) is 6.54 Å². The molecule has 1 heterocycles. The number of rotatable bonds is 1. The second-order valence-electron chi connectivity index (χ2n) is 5.01. The van der Waals surface area contributed by atoms with Crippen LogP contribution in [0.25, 0.3) is 0 Å². The molecule has 1 aliphatic rings. The molecule has 1 amide bonds. The lowest BCUT2D eigenvalue weighted by atomic mass is 10.1. The summed E-state index contributed by atoms with van der Waals surface area (Å²) in [5.74, 6) is 0.0584. The minimum absolute atomic E-state index is 0.0584. The molecule has 0 atom stereocenters. The zero-order valence-electron chi connectivity index (χ0n) is 11.4. The number of nitrogens with zero attached hydrogens (tertiary/aromatic N) is 1. The number of fused-ring (bicyclic) bond motifs is 1. The number of hydrogen-bond donors (Lipinski definition) is 1. The van der Waals surface area contributed by atoms with Gasteiger partial charge in [-0.25, -0.2) is 0 Å². The Bertz CT molecular complexity index is 697. The van der Waals surface area contributed by atoms with Gasteiger partial charge in [-0.05, 0) is 55.3 Å². The van der Waals surface area contributed by atoms with Gasteiger partial charge in [-0.3, -0.25) is 9.69 Å². The number of nitrogens with one attached hydrogen (secondary N) is 1. The summed E-state index contributed by atoms with van der Waals surface area (Å²) in [6.45, 7) is 4.45. The third-order valence-electron chi connectivity index (χ3n) is 3.63. The number of carbonyl (C=O) groups excluding carboxylic acids is 1. The Kier molecular flexibility index (Phi) is 3.26. The summed E-state index contributed by atoms with van der Waals surface area (Å²) in [4.78, 5) is 14.1. The molecular formula is C16H15BrN2O. The van der Waals surface area contributed by atoms with Crippen molar-refractivity contribution in [2.45, 2.75) is 13.8 Å². The van der Waals surface area contributed by atoms with Crippen LogP contribution in [-0.4, -0.2) is 12.5 Å². The number of amides is 1. The van der Waals surface area contributed by atoms with Crippen molar-refractivity contribution in [1.29, 1.82) is 0 Å². The van der Waals surface area contributed by atoms with Crippen molar-refractivity contribution in [2.24, 2.45) is 0 Å². The van der Waals surface area contributed by atoms with E-state index in [9.17, 15) is 4.79 Å². The van der Waals surface area contributed by atoms with Crippen LogP contribution in [0, 0.1) is 13.8 Å². The molecule has 0 radical (unpaired) electrons. The monoisotopic (exact) mass is 330 g/mol. The van der Waals surface area contributed by atoms with E-state index in [2.05, 4.69) is 47.2 Å². The van der Waals surface area contributed by atoms with Gasteiger partial charge in [0.2, 0.25) is 0 Å². The molecule has 1 N–H and O–H groups in total. The van der Waals surface area contributed by atoms with Crippen LogP contribution >= 0.6 is 15.9 Å². The van der Waals surface area contributed by atoms with E-state index in [1.807, 2.05) is 24.3 Å². The zero-order valence-corrected chi connectivity index (χ0v) is 13.0. The van der Waals surface area contributed by atoms with E-state index in [-0.39, 0.29) is 5.91 Å². The van der Waals surface area contributed by atoms with Gasteiger partial charge in [0.25, 0.3) is 5.91 Å². The second-order valence-corrected chi connectivity index (χ2v) is 5.93. The van der Waals surface area contributed by atoms with E-state index >= 15 is 0 Å². The van der Waals surface area contributed by atoms with Gasteiger partial charge in [-0.2, -0.15) is 0 Å². The molecule has 0 saturated carbocycles. The molecular weight excluding hydrogens is 316 g/mol. The van der Waals surface area contributed by atoms with E-state index in [0.717, 1.165) is 21.5 Å². The normalized spacial score (nSPS) is 13.9. The highest BCUT2D eigenvalue weighted by atomic mass is 79.9. The molecule has 2 aromatic rings. The van der Waals surface area contributed by atoms with Crippen molar-refractivity contribution in [3.63, 3.8) is 0 Å². The first kappa shape index (κ1) is 13.2. The highest BCUT2D eigenvalue weighted by Crippen LogP contribution is 2.37. The third-order valence-corrected chi connectivity index (χ3v) is 4.12. The van der Waals surface area contributed by atoms with Gasteiger partial charge in [-0.1, -0.05) is 22.0 Å². The summed E-state index contributed by atoms with van der Waals surface area (Å²) < 4.78 is 0.998. The van der Waals surface area contributed by atoms with Crippen molar-refractivity contribution in [3.8, 4) is 0 Å². The maximum Gasteiger partial charge on any atom is 0.250 e. The molecule has 20 heavy (non-hydrogen) atoms. The topological polar surface area (TPSA) is 32.3 Å². The van der Waals surface area contributed by atoms with E-state index in [1.54, 1.807) is 4.90 Å². The Morgan fingerprint density at radius 3 is 2.65 bits per heavy atom. The van der Waals surface area contributed by atoms with Crippen LogP contribution in [0.5, 0.6) is 0 Å². The van der Waals surface area contributed by atoms with Crippen molar-refractivity contribution in [1.82, 2.24) is 0 Å². The van der Waals surface area contributed by atoms with Gasteiger partial charge < -0.3 is 5.32 Å². The maximum atomic E-state index is 12.3. The summed E-state index contributed by atoms with van der Waals surface area (Å²) in [7, 11) is 0. The van der Waals surface area contributed by atoms with Crippen LogP contribution in [0.15, 0.2) is 40.9 Å². The van der Waals surface area contributed by atoms with Crippen LogP contribution in [0.3, 0.4) is 0 Å². The Hall–Kier alpha value is -1.81. The van der Waals surface area contributed by atoms with Gasteiger partial charge in [0.05, 0.1) is 17.9 Å². The average molecular weight is 331 g/mol. The number of benzene rings is 2. The first-order chi connectivity index (χ1) is 9.56. The lowest BCUT2D eigenvalue weighted by Gasteiger charge is -2.30. The zero-order chi connectivity index (χ0) is 14.3. The number of carbonyl (C=O) groups is 1. The summed E-state index contributed by atoms with van der Waals surface area (Å²) in [5.41, 5.74) is 5.20. The van der Waals surface area contributed by atoms with Gasteiger partial charge in [0.15, 0.2) is 0 Å². The summed E-state index contributed by atoms with van der Waals surface area (Å²) in [6.07, 6.45) is 0. The first-order valence-electron chi connectivity index (χ1n) is 6.50. The lowest BCUT2D eigenvalue weighted by molar-refractivity contribution is -0.116. The maximum absolute atomic E-state index is 12.3. The molecule has 0 unspecified atom stereocenters. The number of hydrogen-bond acceptors (Lipinski definition) is 2. The molecule has 0 saturated heterocycles. The molecule has 0 aromatic heterocycles. The van der Waals surface area contributed by atoms with Crippen LogP contribution < -0.4 is 10.2 Å². The van der Waals surface area contributed by atoms with Crippen LogP contribution in [0.4, 0.5) is 17.1 Å². The predicted molar refractivity (Wildman–Crippen MR) is 85.7 cm³/mol. The highest BCUT2D eigenvalue weighted by molar-refractivity contribution is 9.10. The predicted octanol–water partition coefficient (Wildman–Crippen LogP) is 4.16. The van der Waals surface area contributed by atoms with Crippen molar-refractivity contribution in [2.75, 3.05) is 16.8 Å². The van der Waals surface area contributed by atoms with Gasteiger partial charge >= 0.3 is 0 Å². The van der Waals surface area contributed by atoms with Gasteiger partial charge in [0, 0.05) is 10.2 Å². The number of anilines is 3. The average Bonchev–Trinajstić information content (AvgIpc) is 2.42. The highest BCUT2D eigenvalue weighted by Gasteiger charge is 2.25. The fourth-order valence-corrected chi connectivity index (χ4v) is 2.74. The molecule has 102 valence electrons. The van der Waals surface area contributed by atoms with Crippen molar-refractivity contribution < 1.29 is 4.79 Å². The van der Waals surface area contributed by atoms with Crippen LogP contribution in [0.2, 0.25) is 0 Å². The molecule has 2 aromatic carbocycles. The largest absolute Gasteiger partial charge is 0.374 e. The third kappa shape index (κ3) is 2.20. The van der Waals surface area contributed by atoms with E-state index in [4.69, 9.17) is 0 Å². The minimum atomic E-state index is 0.0584. The fourth-order valence-electron chi connectivity index (χ4n) is 2.38. The number of aryl methyl sites for hydroxylation is 2. The summed E-state index contributed by atoms with van der Waals surface area (Å²) in [5, 5.41) is 3.16. The Labute approximate surface area is 126 Å². The Morgan fingerprint density at radius 2 is 1.90 bits per heavy atom. The molecule has 3 nitrogen and oxygen atoms in total. The van der Waals surface area contributed by atoms with E-state index in [1.165, 1.54) is 11.1 Å². The van der Waals surface area contributed by atoms with Gasteiger partial charge in [-0.15, -0.1) is 0 Å². The van der Waals surface area contributed by atoms with Gasteiger partial charge in [0.1, 0.15) is 0 Å². The van der Waals surface area contributed by atoms with Crippen molar-refractivity contribution >= 4 is 38.9 Å². The smallest absolute Gasteiger partial charge is 0.250 e. The first-order valence-corrected chi connectivity index (χ1v) is 7.29. The van der Waals surface area contributed by atoms with Crippen LogP contribution in [0.1, 0.15) is 11.1 Å². The van der Waals surface area contributed by atoms with Crippen molar-refractivity contribution in [3.05, 3.63) is 52.0 Å². The Balaban J connectivity index is 2.13. The summed E-state index contributed by atoms with van der Waals surface area (Å²) in [6, 6.07) is 12.0.